The molecule has 2 heterocycles. The maximum absolute atomic E-state index is 5.80. The first-order chi connectivity index (χ1) is 14.6. The third-order valence-corrected chi connectivity index (χ3v) is 5.98. The van der Waals surface area contributed by atoms with Crippen molar-refractivity contribution in [1.29, 1.82) is 0 Å². The molecule has 1 aromatic heterocycles. The van der Waals surface area contributed by atoms with Crippen molar-refractivity contribution in [1.82, 2.24) is 4.57 Å². The van der Waals surface area contributed by atoms with Crippen molar-refractivity contribution in [2.75, 3.05) is 11.4 Å². The van der Waals surface area contributed by atoms with Crippen molar-refractivity contribution in [3.05, 3.63) is 101 Å². The van der Waals surface area contributed by atoms with E-state index in [4.69, 9.17) is 5.73 Å². The van der Waals surface area contributed by atoms with Gasteiger partial charge in [0.2, 0.25) is 0 Å². The second-order valence-electron chi connectivity index (χ2n) is 8.21. The van der Waals surface area contributed by atoms with E-state index < -0.39 is 0 Å². The van der Waals surface area contributed by atoms with Gasteiger partial charge >= 0.3 is 0 Å². The zero-order valence-electron chi connectivity index (χ0n) is 18.1. The molecule has 0 spiro atoms. The molecule has 154 valence electrons. The van der Waals surface area contributed by atoms with Gasteiger partial charge in [0.1, 0.15) is 0 Å². The number of aromatic nitrogens is 1. The number of anilines is 1. The van der Waals surface area contributed by atoms with E-state index in [0.717, 1.165) is 38.2 Å². The number of fused-ring (bicyclic) bond motifs is 3. The lowest BCUT2D eigenvalue weighted by Gasteiger charge is -2.30. The minimum atomic E-state index is 0.814. The van der Waals surface area contributed by atoms with Gasteiger partial charge in [0.05, 0.1) is 0 Å². The number of hydrogen-bond donors (Lipinski definition) is 1. The van der Waals surface area contributed by atoms with Crippen molar-refractivity contribution in [3.63, 3.8) is 0 Å². The molecule has 0 aliphatic carbocycles. The summed E-state index contributed by atoms with van der Waals surface area (Å²) in [5, 5.41) is 1.40. The van der Waals surface area contributed by atoms with E-state index >= 15 is 0 Å². The molecular formula is C27H31N3. The van der Waals surface area contributed by atoms with Crippen LogP contribution in [-0.2, 0) is 19.5 Å². The summed E-state index contributed by atoms with van der Waals surface area (Å²) in [4.78, 5) is 2.50. The molecule has 0 atom stereocenters. The second kappa shape index (κ2) is 8.66. The summed E-state index contributed by atoms with van der Waals surface area (Å²) < 4.78 is 2.53. The predicted octanol–water partition coefficient (Wildman–Crippen LogP) is 5.88. The molecule has 3 aromatic rings. The maximum Gasteiger partial charge on any atom is 0.0486 e. The van der Waals surface area contributed by atoms with Gasteiger partial charge in [0, 0.05) is 59.6 Å². The number of hydrogen-bond acceptors (Lipinski definition) is 2. The molecule has 2 N–H and O–H groups in total. The van der Waals surface area contributed by atoms with Gasteiger partial charge in [0.25, 0.3) is 0 Å². The van der Waals surface area contributed by atoms with E-state index in [1.807, 2.05) is 19.1 Å². The Morgan fingerprint density at radius 1 is 1.13 bits per heavy atom. The number of nitrogens with two attached hydrogens (primary N) is 1. The van der Waals surface area contributed by atoms with E-state index in [2.05, 4.69) is 77.6 Å². The molecule has 0 saturated carbocycles. The number of rotatable bonds is 6. The first-order valence-corrected chi connectivity index (χ1v) is 10.7. The van der Waals surface area contributed by atoms with Crippen LogP contribution in [0.1, 0.15) is 30.2 Å². The van der Waals surface area contributed by atoms with Crippen LogP contribution in [0.15, 0.2) is 84.6 Å². The molecule has 0 radical (unpaired) electrons. The normalized spacial score (nSPS) is 14.8. The zero-order valence-corrected chi connectivity index (χ0v) is 18.1. The molecule has 3 nitrogen and oxygen atoms in total. The van der Waals surface area contributed by atoms with Crippen LogP contribution in [0.4, 0.5) is 5.69 Å². The van der Waals surface area contributed by atoms with Crippen molar-refractivity contribution >= 4 is 16.6 Å². The average Bonchev–Trinajstić information content (AvgIpc) is 3.06. The van der Waals surface area contributed by atoms with Gasteiger partial charge in [-0.05, 0) is 56.2 Å². The molecule has 2 aromatic carbocycles. The topological polar surface area (TPSA) is 34.2 Å². The molecule has 4 rings (SSSR count). The molecule has 3 heteroatoms. The van der Waals surface area contributed by atoms with Crippen LogP contribution in [0, 0.1) is 6.92 Å². The van der Waals surface area contributed by atoms with E-state index in [0.29, 0.717) is 0 Å². The fraction of sp³-hybridized carbons (Fsp3) is 0.259. The SMILES string of the molecule is C=C/C(=C\C=C(\C)N)CCn1c2c(c3cc(C)ccc31)CN(c1ccccc1)CC2. The molecule has 0 fully saturated rings. The number of allylic oxidation sites excluding steroid dienone is 5. The lowest BCUT2D eigenvalue weighted by molar-refractivity contribution is 0.638. The number of aryl methyl sites for hydroxylation is 2. The Kier molecular flexibility index (Phi) is 5.80. The average molecular weight is 398 g/mol. The molecule has 30 heavy (non-hydrogen) atoms. The summed E-state index contributed by atoms with van der Waals surface area (Å²) in [5.74, 6) is 0. The highest BCUT2D eigenvalue weighted by Crippen LogP contribution is 2.34. The third kappa shape index (κ3) is 4.06. The van der Waals surface area contributed by atoms with E-state index in [9.17, 15) is 0 Å². The lowest BCUT2D eigenvalue weighted by Crippen LogP contribution is -2.31. The van der Waals surface area contributed by atoms with Crippen LogP contribution in [0.3, 0.4) is 0 Å². The van der Waals surface area contributed by atoms with Crippen LogP contribution in [0.25, 0.3) is 10.9 Å². The second-order valence-corrected chi connectivity index (χ2v) is 8.21. The number of nitrogens with zero attached hydrogens (tertiary/aromatic N) is 2. The summed E-state index contributed by atoms with van der Waals surface area (Å²) in [5.41, 5.74) is 14.7. The summed E-state index contributed by atoms with van der Waals surface area (Å²) in [6.45, 7) is 11.0. The van der Waals surface area contributed by atoms with E-state index in [-0.39, 0.29) is 0 Å². The zero-order chi connectivity index (χ0) is 21.1. The first-order valence-electron chi connectivity index (χ1n) is 10.7. The number of para-hydroxylation sites is 1. The first kappa shape index (κ1) is 20.1. The van der Waals surface area contributed by atoms with Crippen molar-refractivity contribution < 1.29 is 0 Å². The molecule has 1 aliphatic heterocycles. The lowest BCUT2D eigenvalue weighted by atomic mass is 10.0. The molecule has 0 bridgehead atoms. The fourth-order valence-corrected chi connectivity index (χ4v) is 4.41. The Bertz CT molecular complexity index is 1110. The summed E-state index contributed by atoms with van der Waals surface area (Å²) in [7, 11) is 0. The number of benzene rings is 2. The standard InChI is InChI=1S/C27H31N3/c1-4-22(12-11-21(3)28)14-17-30-26-13-10-20(2)18-24(26)25-19-29(16-15-27(25)30)23-8-6-5-7-9-23/h4-13,18H,1,14-17,19,28H2,2-3H3/b21-11-,22-12+. The largest absolute Gasteiger partial charge is 0.402 e. The van der Waals surface area contributed by atoms with Gasteiger partial charge < -0.3 is 15.2 Å². The minimum Gasteiger partial charge on any atom is -0.402 e. The molecular weight excluding hydrogens is 366 g/mol. The van der Waals surface area contributed by atoms with Gasteiger partial charge in [-0.15, -0.1) is 0 Å². The van der Waals surface area contributed by atoms with Crippen molar-refractivity contribution in [3.8, 4) is 0 Å². The van der Waals surface area contributed by atoms with Crippen LogP contribution >= 0.6 is 0 Å². The van der Waals surface area contributed by atoms with Crippen LogP contribution in [-0.4, -0.2) is 11.1 Å². The van der Waals surface area contributed by atoms with Gasteiger partial charge in [-0.3, -0.25) is 0 Å². The summed E-state index contributed by atoms with van der Waals surface area (Å²) in [6, 6.07) is 17.6. The monoisotopic (exact) mass is 397 g/mol. The quantitative estimate of drug-likeness (QED) is 0.527. The highest BCUT2D eigenvalue weighted by Gasteiger charge is 2.24. The van der Waals surface area contributed by atoms with Gasteiger partial charge in [0.15, 0.2) is 0 Å². The Morgan fingerprint density at radius 3 is 2.67 bits per heavy atom. The van der Waals surface area contributed by atoms with Crippen LogP contribution in [0.5, 0.6) is 0 Å². The fourth-order valence-electron chi connectivity index (χ4n) is 4.41. The Labute approximate surface area is 179 Å². The highest BCUT2D eigenvalue weighted by atomic mass is 15.1. The highest BCUT2D eigenvalue weighted by molar-refractivity contribution is 5.87. The minimum absolute atomic E-state index is 0.814. The molecule has 0 unspecified atom stereocenters. The van der Waals surface area contributed by atoms with E-state index in [1.54, 1.807) is 0 Å². The van der Waals surface area contributed by atoms with Crippen molar-refractivity contribution in [2.24, 2.45) is 5.73 Å². The van der Waals surface area contributed by atoms with Crippen LogP contribution < -0.4 is 10.6 Å². The Morgan fingerprint density at radius 2 is 1.93 bits per heavy atom. The third-order valence-electron chi connectivity index (χ3n) is 5.98. The maximum atomic E-state index is 5.80. The van der Waals surface area contributed by atoms with Gasteiger partial charge in [-0.25, -0.2) is 0 Å². The smallest absolute Gasteiger partial charge is 0.0486 e. The molecule has 0 amide bonds. The predicted molar refractivity (Wildman–Crippen MR) is 129 cm³/mol. The van der Waals surface area contributed by atoms with Gasteiger partial charge in [-0.1, -0.05) is 48.6 Å². The van der Waals surface area contributed by atoms with Crippen molar-refractivity contribution in [2.45, 2.75) is 39.8 Å². The summed E-state index contributed by atoms with van der Waals surface area (Å²) in [6.07, 6.45) is 7.99. The Balaban J connectivity index is 1.69. The molecule has 1 aliphatic rings. The van der Waals surface area contributed by atoms with E-state index in [1.165, 1.54) is 39.0 Å². The van der Waals surface area contributed by atoms with Gasteiger partial charge in [-0.2, -0.15) is 0 Å². The van der Waals surface area contributed by atoms with Crippen LogP contribution in [0.2, 0.25) is 0 Å². The Hall–Kier alpha value is -3.20. The summed E-state index contributed by atoms with van der Waals surface area (Å²) >= 11 is 0. The molecule has 0 saturated heterocycles.